The summed E-state index contributed by atoms with van der Waals surface area (Å²) >= 11 is 4.04. The number of hydrogen-bond acceptors (Lipinski definition) is 13. The lowest BCUT2D eigenvalue weighted by molar-refractivity contribution is -0.154. The van der Waals surface area contributed by atoms with Gasteiger partial charge in [-0.1, -0.05) is 157 Å². The fraction of sp³-hybridized carbons (Fsp3) is 0.137. The monoisotopic (exact) mass is 931 g/mol. The van der Waals surface area contributed by atoms with Gasteiger partial charge in [0, 0.05) is 27.8 Å². The average molecular weight is 932 g/mol. The molecule has 330 valence electrons. The van der Waals surface area contributed by atoms with E-state index in [-0.39, 0.29) is 22.9 Å². The number of anilines is 1. The molecule has 0 saturated carbocycles. The van der Waals surface area contributed by atoms with E-state index in [1.165, 1.54) is 59.2 Å². The van der Waals surface area contributed by atoms with Crippen molar-refractivity contribution in [3.05, 3.63) is 231 Å². The third-order valence-corrected chi connectivity index (χ3v) is 14.3. The van der Waals surface area contributed by atoms with Crippen molar-refractivity contribution in [2.45, 2.75) is 28.0 Å². The summed E-state index contributed by atoms with van der Waals surface area (Å²) in [5, 5.41) is 12.3. The molecule has 0 unspecified atom stereocenters. The van der Waals surface area contributed by atoms with E-state index in [1.54, 1.807) is 11.4 Å². The Bertz CT molecular complexity index is 2820. The molecule has 12 nitrogen and oxygen atoms in total. The number of esters is 1. The second kappa shape index (κ2) is 19.9. The van der Waals surface area contributed by atoms with Gasteiger partial charge in [-0.25, -0.2) is 14.6 Å². The molecule has 2 N–H and O–H groups in total. The zero-order chi connectivity index (χ0) is 45.5. The maximum atomic E-state index is 14.6. The molecule has 2 aliphatic rings. The Hall–Kier alpha value is -7.20. The molecule has 2 atom stereocenters. The van der Waals surface area contributed by atoms with Gasteiger partial charge in [0.05, 0.1) is 6.26 Å². The fourth-order valence-corrected chi connectivity index (χ4v) is 11.2. The summed E-state index contributed by atoms with van der Waals surface area (Å²) in [7, 11) is 1.33. The van der Waals surface area contributed by atoms with Crippen LogP contribution in [-0.4, -0.2) is 63.4 Å². The first kappa shape index (κ1) is 44.0. The second-order valence-electron chi connectivity index (χ2n) is 15.1. The SMILES string of the molecule is CO/N=C(\C(=O)N[C@@H]1C(=O)N2C(C(=O)OC(c3ccccc3)c3ccccc3)=C(CSc3ccoc(=O)c3)CS[C@@H]12)c1csc(NC(c2ccccc2)(c2ccccc2)c2ccccc2)n1. The molecule has 2 amide bonds. The predicted octanol–water partition coefficient (Wildman–Crippen LogP) is 8.63. The second-order valence-corrected chi connectivity index (χ2v) is 18.1. The minimum atomic E-state index is -1.02. The van der Waals surface area contributed by atoms with Crippen LogP contribution in [0.25, 0.3) is 0 Å². The number of fused-ring (bicyclic) bond motifs is 1. The number of β-lactam (4-membered cyclic amide) rings is 1. The number of carbonyl (C=O) groups is 3. The Labute approximate surface area is 392 Å². The highest BCUT2D eigenvalue weighted by molar-refractivity contribution is 8.01. The number of thioether (sulfide) groups is 2. The van der Waals surface area contributed by atoms with Crippen molar-refractivity contribution in [2.24, 2.45) is 5.16 Å². The maximum absolute atomic E-state index is 14.6. The summed E-state index contributed by atoms with van der Waals surface area (Å²) in [6, 6.07) is 51.0. The zero-order valence-corrected chi connectivity index (χ0v) is 37.8. The number of aromatic nitrogens is 1. The third kappa shape index (κ3) is 9.05. The van der Waals surface area contributed by atoms with Crippen LogP contribution in [0.1, 0.15) is 39.6 Å². The van der Waals surface area contributed by atoms with Gasteiger partial charge < -0.3 is 24.6 Å². The molecule has 4 heterocycles. The van der Waals surface area contributed by atoms with Crippen LogP contribution in [-0.2, 0) is 29.5 Å². The van der Waals surface area contributed by atoms with Gasteiger partial charge in [0.1, 0.15) is 35.5 Å². The zero-order valence-electron chi connectivity index (χ0n) is 35.3. The number of nitrogens with one attached hydrogen (secondary N) is 2. The first-order valence-electron chi connectivity index (χ1n) is 20.9. The van der Waals surface area contributed by atoms with E-state index in [9.17, 15) is 19.2 Å². The van der Waals surface area contributed by atoms with E-state index >= 15 is 0 Å². The molecule has 0 bridgehead atoms. The Balaban J connectivity index is 0.986. The Morgan fingerprint density at radius 2 is 1.39 bits per heavy atom. The van der Waals surface area contributed by atoms with Crippen molar-refractivity contribution in [1.29, 1.82) is 0 Å². The Morgan fingerprint density at radius 1 is 0.833 bits per heavy atom. The van der Waals surface area contributed by atoms with Crippen molar-refractivity contribution >= 4 is 63.5 Å². The summed E-state index contributed by atoms with van der Waals surface area (Å²) < 4.78 is 11.2. The van der Waals surface area contributed by atoms with Crippen LogP contribution in [0.5, 0.6) is 0 Å². The number of rotatable bonds is 16. The summed E-state index contributed by atoms with van der Waals surface area (Å²) in [6.45, 7) is 0. The number of thiazole rings is 1. The summed E-state index contributed by atoms with van der Waals surface area (Å²) in [5.74, 6) is -1.25. The van der Waals surface area contributed by atoms with Crippen molar-refractivity contribution in [1.82, 2.24) is 15.2 Å². The standard InChI is InChI=1S/C51H41N5O7S3/c1-61-55-42(40-32-66-50(52-40)54-51(36-21-11-4-12-22-36,37-23-13-5-14-24-37)38-25-15-6-16-26-38)46(58)53-43-47(59)56-44(35(31-65-48(43)56)30-64-39-27-28-62-41(57)29-39)49(60)63-45(33-17-7-2-8-18-33)34-19-9-3-10-20-34/h2-29,32,43,45,48H,30-31H2,1H3,(H,52,54)(H,53,58)/b55-42-/t43-,48+/m1/s1. The van der Waals surface area contributed by atoms with Crippen LogP contribution in [0.2, 0.25) is 0 Å². The van der Waals surface area contributed by atoms with E-state index < -0.39 is 46.5 Å². The number of oxime groups is 1. The van der Waals surface area contributed by atoms with Gasteiger partial charge in [-0.3, -0.25) is 14.5 Å². The van der Waals surface area contributed by atoms with E-state index in [0.717, 1.165) is 27.8 Å². The molecule has 66 heavy (non-hydrogen) atoms. The Kier molecular flexibility index (Phi) is 13.3. The van der Waals surface area contributed by atoms with Gasteiger partial charge in [0.2, 0.25) is 0 Å². The number of hydrogen-bond donors (Lipinski definition) is 2. The van der Waals surface area contributed by atoms with Crippen molar-refractivity contribution < 1.29 is 28.4 Å². The molecule has 9 rings (SSSR count). The predicted molar refractivity (Wildman–Crippen MR) is 257 cm³/mol. The molecule has 0 aliphatic carbocycles. The molecule has 15 heteroatoms. The average Bonchev–Trinajstić information content (AvgIpc) is 3.83. The van der Waals surface area contributed by atoms with Gasteiger partial charge in [0.25, 0.3) is 11.8 Å². The number of ether oxygens (including phenoxy) is 1. The smallest absolute Gasteiger partial charge is 0.356 e. The molecular formula is C51H41N5O7S3. The molecule has 1 fully saturated rings. The summed E-state index contributed by atoms with van der Waals surface area (Å²) in [5.41, 5.74) is 3.89. The van der Waals surface area contributed by atoms with Gasteiger partial charge in [-0.15, -0.1) is 34.9 Å². The largest absolute Gasteiger partial charge is 0.448 e. The lowest BCUT2D eigenvalue weighted by atomic mass is 9.77. The number of carbonyl (C=O) groups excluding carboxylic acids is 3. The first-order chi connectivity index (χ1) is 32.3. The fourth-order valence-electron chi connectivity index (χ4n) is 8.04. The lowest BCUT2D eigenvalue weighted by Gasteiger charge is -2.49. The van der Waals surface area contributed by atoms with Crippen LogP contribution in [0.4, 0.5) is 5.13 Å². The van der Waals surface area contributed by atoms with E-state index in [2.05, 4.69) is 52.2 Å². The molecular weight excluding hydrogens is 891 g/mol. The van der Waals surface area contributed by atoms with Crippen LogP contribution >= 0.6 is 34.9 Å². The molecule has 0 spiro atoms. The van der Waals surface area contributed by atoms with E-state index in [4.69, 9.17) is 19.0 Å². The molecule has 0 radical (unpaired) electrons. The van der Waals surface area contributed by atoms with Crippen molar-refractivity contribution in [2.75, 3.05) is 23.9 Å². The van der Waals surface area contributed by atoms with Crippen molar-refractivity contribution in [3.63, 3.8) is 0 Å². The number of nitrogens with zero attached hydrogens (tertiary/aromatic N) is 3. The minimum absolute atomic E-state index is 0.0984. The highest BCUT2D eigenvalue weighted by atomic mass is 32.2. The molecule has 7 aromatic rings. The quantitative estimate of drug-likeness (QED) is 0.0239. The highest BCUT2D eigenvalue weighted by Crippen LogP contribution is 2.44. The number of amides is 2. The lowest BCUT2D eigenvalue weighted by Crippen LogP contribution is -2.71. The van der Waals surface area contributed by atoms with Gasteiger partial charge in [0.15, 0.2) is 16.9 Å². The summed E-state index contributed by atoms with van der Waals surface area (Å²) in [4.78, 5) is 67.2. The first-order valence-corrected chi connectivity index (χ1v) is 23.8. The van der Waals surface area contributed by atoms with Crippen LogP contribution in [0.3, 0.4) is 0 Å². The van der Waals surface area contributed by atoms with Crippen LogP contribution in [0, 0.1) is 0 Å². The van der Waals surface area contributed by atoms with Gasteiger partial charge >= 0.3 is 11.6 Å². The van der Waals surface area contributed by atoms with Crippen molar-refractivity contribution in [3.8, 4) is 0 Å². The number of benzene rings is 5. The van der Waals surface area contributed by atoms with Crippen LogP contribution in [0.15, 0.2) is 206 Å². The van der Waals surface area contributed by atoms with Gasteiger partial charge in [-0.2, -0.15) is 0 Å². The summed E-state index contributed by atoms with van der Waals surface area (Å²) in [6.07, 6.45) is 0.539. The van der Waals surface area contributed by atoms with E-state index in [0.29, 0.717) is 21.4 Å². The highest BCUT2D eigenvalue weighted by Gasteiger charge is 2.55. The topological polar surface area (TPSA) is 152 Å². The minimum Gasteiger partial charge on any atom is -0.448 e. The maximum Gasteiger partial charge on any atom is 0.356 e. The molecule has 5 aromatic carbocycles. The normalized spacial score (nSPS) is 16.0. The Morgan fingerprint density at radius 3 is 1.94 bits per heavy atom. The molecule has 2 aromatic heterocycles. The molecule has 2 aliphatic heterocycles. The van der Waals surface area contributed by atoms with Crippen LogP contribution < -0.4 is 16.3 Å². The van der Waals surface area contributed by atoms with Gasteiger partial charge in [-0.05, 0) is 39.5 Å². The third-order valence-electron chi connectivity index (χ3n) is 11.1. The molecule has 1 saturated heterocycles. The van der Waals surface area contributed by atoms with E-state index in [1.807, 2.05) is 115 Å².